The lowest BCUT2D eigenvalue weighted by molar-refractivity contribution is -0.303. The molecule has 420 valence electrons. The van der Waals surface area contributed by atoms with Crippen LogP contribution in [-0.2, 0) is 14.3 Å². The van der Waals surface area contributed by atoms with Crippen LogP contribution in [0.15, 0.2) is 24.3 Å². The number of amides is 1. The van der Waals surface area contributed by atoms with Gasteiger partial charge in [-0.25, -0.2) is 0 Å². The van der Waals surface area contributed by atoms with Crippen LogP contribution in [0.1, 0.15) is 284 Å². The van der Waals surface area contributed by atoms with Gasteiger partial charge in [0.05, 0.1) is 25.4 Å². The summed E-state index contributed by atoms with van der Waals surface area (Å²) in [6.45, 7) is 3.42. The molecule has 1 saturated heterocycles. The maximum atomic E-state index is 13.2. The summed E-state index contributed by atoms with van der Waals surface area (Å²) in [7, 11) is 0. The molecule has 1 aliphatic heterocycles. The van der Waals surface area contributed by atoms with Gasteiger partial charge in [0, 0.05) is 0 Å². The fourth-order valence-electron chi connectivity index (χ4n) is 9.81. The Kier molecular flexibility index (Phi) is 47.1. The maximum absolute atomic E-state index is 13.2. The summed E-state index contributed by atoms with van der Waals surface area (Å²) in [6, 6.07) is -1.19. The van der Waals surface area contributed by atoms with Crippen LogP contribution in [0.2, 0.25) is 0 Å². The van der Waals surface area contributed by atoms with Crippen molar-refractivity contribution < 1.29 is 50.0 Å². The second-order valence-electron chi connectivity index (χ2n) is 21.4. The Labute approximate surface area is 435 Å². The molecule has 0 aliphatic carbocycles. The summed E-state index contributed by atoms with van der Waals surface area (Å²) in [6.07, 6.45) is 48.5. The van der Waals surface area contributed by atoms with Crippen molar-refractivity contribution in [2.75, 3.05) is 13.2 Å². The van der Waals surface area contributed by atoms with Crippen molar-refractivity contribution in [3.63, 3.8) is 0 Å². The summed E-state index contributed by atoms with van der Waals surface area (Å²) in [5, 5.41) is 75.9. The van der Waals surface area contributed by atoms with Gasteiger partial charge in [0.25, 0.3) is 0 Å². The molecular weight excluding hydrogens is 895 g/mol. The lowest BCUT2D eigenvalue weighted by Gasteiger charge is -2.40. The second-order valence-corrected chi connectivity index (χ2v) is 21.4. The van der Waals surface area contributed by atoms with Crippen LogP contribution < -0.4 is 5.32 Å². The highest BCUT2D eigenvalue weighted by molar-refractivity contribution is 5.80. The van der Waals surface area contributed by atoms with Crippen molar-refractivity contribution in [1.82, 2.24) is 5.32 Å². The van der Waals surface area contributed by atoms with E-state index in [1.807, 2.05) is 0 Å². The van der Waals surface area contributed by atoms with Crippen LogP contribution in [0.25, 0.3) is 0 Å². The molecule has 9 unspecified atom stereocenters. The van der Waals surface area contributed by atoms with Crippen LogP contribution in [0.5, 0.6) is 0 Å². The van der Waals surface area contributed by atoms with Gasteiger partial charge in [0.1, 0.15) is 36.6 Å². The highest BCUT2D eigenvalue weighted by Gasteiger charge is 2.44. The number of unbranched alkanes of at least 4 members (excludes halogenated alkanes) is 36. The molecule has 71 heavy (non-hydrogen) atoms. The summed E-state index contributed by atoms with van der Waals surface area (Å²) in [5.74, 6) is -0.707. The minimum atomic E-state index is -1.67. The minimum Gasteiger partial charge on any atom is -0.394 e. The number of allylic oxidation sites excluding steroid dienone is 4. The third kappa shape index (κ3) is 37.9. The van der Waals surface area contributed by atoms with Gasteiger partial charge in [-0.15, -0.1) is 0 Å². The van der Waals surface area contributed by atoms with E-state index in [1.165, 1.54) is 199 Å². The van der Waals surface area contributed by atoms with Crippen molar-refractivity contribution in [2.45, 2.75) is 339 Å². The smallest absolute Gasteiger partial charge is 0.249 e. The molecule has 0 saturated carbocycles. The Balaban J connectivity index is 2.17. The number of aliphatic hydroxyl groups excluding tert-OH is 7. The van der Waals surface area contributed by atoms with Crippen LogP contribution in [0.3, 0.4) is 0 Å². The van der Waals surface area contributed by atoms with E-state index in [0.717, 1.165) is 38.5 Å². The molecule has 1 fully saturated rings. The van der Waals surface area contributed by atoms with Gasteiger partial charge in [-0.2, -0.15) is 0 Å². The van der Waals surface area contributed by atoms with E-state index in [-0.39, 0.29) is 12.8 Å². The number of hydrogen-bond donors (Lipinski definition) is 8. The van der Waals surface area contributed by atoms with E-state index in [0.29, 0.717) is 19.3 Å². The quantitative estimate of drug-likeness (QED) is 0.0215. The first-order valence-electron chi connectivity index (χ1n) is 30.2. The van der Waals surface area contributed by atoms with Gasteiger partial charge in [-0.3, -0.25) is 4.79 Å². The maximum Gasteiger partial charge on any atom is 0.249 e. The molecule has 11 nitrogen and oxygen atoms in total. The summed E-state index contributed by atoms with van der Waals surface area (Å²) < 4.78 is 11.1. The fourth-order valence-corrected chi connectivity index (χ4v) is 9.81. The van der Waals surface area contributed by atoms with Crippen molar-refractivity contribution in [3.8, 4) is 0 Å². The first-order valence-corrected chi connectivity index (χ1v) is 30.2. The molecule has 9 atom stereocenters. The number of ether oxygens (including phenoxy) is 2. The average molecular weight is 1010 g/mol. The summed E-state index contributed by atoms with van der Waals surface area (Å²) >= 11 is 0. The van der Waals surface area contributed by atoms with Gasteiger partial charge in [-0.1, -0.05) is 256 Å². The van der Waals surface area contributed by atoms with Crippen molar-refractivity contribution >= 4 is 5.91 Å². The summed E-state index contributed by atoms with van der Waals surface area (Å²) in [4.78, 5) is 13.2. The topological polar surface area (TPSA) is 189 Å². The van der Waals surface area contributed by atoms with Crippen LogP contribution in [0.4, 0.5) is 0 Å². The third-order valence-electron chi connectivity index (χ3n) is 14.7. The lowest BCUT2D eigenvalue weighted by Crippen LogP contribution is -2.60. The number of carbonyl (C=O) groups excluding carboxylic acids is 1. The van der Waals surface area contributed by atoms with E-state index in [2.05, 4.69) is 43.5 Å². The zero-order chi connectivity index (χ0) is 51.8. The van der Waals surface area contributed by atoms with E-state index < -0.39 is 74.2 Å². The Morgan fingerprint density at radius 2 is 0.845 bits per heavy atom. The Hall–Kier alpha value is -1.41. The van der Waals surface area contributed by atoms with E-state index >= 15 is 0 Å². The van der Waals surface area contributed by atoms with Gasteiger partial charge in [0.15, 0.2) is 6.29 Å². The highest BCUT2D eigenvalue weighted by atomic mass is 16.7. The van der Waals surface area contributed by atoms with Gasteiger partial charge in [0.2, 0.25) is 5.91 Å². The predicted molar refractivity (Wildman–Crippen MR) is 293 cm³/mol. The zero-order valence-corrected chi connectivity index (χ0v) is 46.0. The highest BCUT2D eigenvalue weighted by Crippen LogP contribution is 2.23. The number of carbonyl (C=O) groups is 1. The fraction of sp³-hybridized carbons (Fsp3) is 0.917. The van der Waals surface area contributed by atoms with Crippen LogP contribution >= 0.6 is 0 Å². The molecule has 0 aromatic heterocycles. The molecule has 8 N–H and O–H groups in total. The first-order chi connectivity index (χ1) is 34.7. The Morgan fingerprint density at radius 3 is 1.25 bits per heavy atom. The minimum absolute atomic E-state index is 0.248. The molecule has 1 aliphatic rings. The predicted octanol–water partition coefficient (Wildman–Crippen LogP) is 12.9. The van der Waals surface area contributed by atoms with E-state index in [1.54, 1.807) is 0 Å². The number of rotatable bonds is 52. The van der Waals surface area contributed by atoms with Crippen LogP contribution in [0, 0.1) is 0 Å². The summed E-state index contributed by atoms with van der Waals surface area (Å²) in [5.41, 5.74) is 0. The molecular formula is C60H115NO10. The third-order valence-corrected chi connectivity index (χ3v) is 14.7. The normalized spacial score (nSPS) is 20.3. The molecule has 1 heterocycles. The average Bonchev–Trinajstić information content (AvgIpc) is 3.37. The molecule has 0 radical (unpaired) electrons. The van der Waals surface area contributed by atoms with Gasteiger partial charge >= 0.3 is 0 Å². The molecule has 1 rings (SSSR count). The SMILES string of the molecule is CCCCC/C=C/CC/C=C/CCCC(O)C(O)C(COC1OC(CO)C(O)C(O)C1O)NC(=O)C(O)CCCCCCCCCCCCCCCCCCCCCCCCCCCCCCCCCC. The van der Waals surface area contributed by atoms with Crippen molar-refractivity contribution in [3.05, 3.63) is 24.3 Å². The molecule has 0 bridgehead atoms. The lowest BCUT2D eigenvalue weighted by atomic mass is 9.98. The van der Waals surface area contributed by atoms with Gasteiger partial charge in [-0.05, 0) is 51.4 Å². The monoisotopic (exact) mass is 1010 g/mol. The number of aliphatic hydroxyl groups is 7. The number of nitrogens with one attached hydrogen (secondary N) is 1. The second kappa shape index (κ2) is 49.5. The Morgan fingerprint density at radius 1 is 0.479 bits per heavy atom. The molecule has 0 aromatic rings. The molecule has 0 aromatic carbocycles. The van der Waals surface area contributed by atoms with Crippen molar-refractivity contribution in [1.29, 1.82) is 0 Å². The number of hydrogen-bond acceptors (Lipinski definition) is 10. The van der Waals surface area contributed by atoms with Gasteiger partial charge < -0.3 is 50.5 Å². The first kappa shape index (κ1) is 67.6. The van der Waals surface area contributed by atoms with Crippen molar-refractivity contribution in [2.24, 2.45) is 0 Å². The standard InChI is InChI=1S/C60H115NO10/c1-3-5-7-9-11-13-15-17-18-19-20-21-22-23-24-25-26-27-28-29-30-31-32-33-34-35-36-38-40-42-44-46-48-53(64)59(69)61-51(50-70-60-58(68)57(67)56(66)54(49-62)71-60)55(65)52(63)47-45-43-41-39-37-16-14-12-10-8-6-4-2/h12,14,39,41,51-58,60,62-68H,3-11,13,15-38,40,42-50H2,1-2H3,(H,61,69)/b14-12+,41-39+. The Bertz CT molecular complexity index is 1200. The van der Waals surface area contributed by atoms with E-state index in [9.17, 15) is 40.5 Å². The molecule has 0 spiro atoms. The zero-order valence-electron chi connectivity index (χ0n) is 46.0. The van der Waals surface area contributed by atoms with E-state index in [4.69, 9.17) is 9.47 Å². The van der Waals surface area contributed by atoms with Crippen LogP contribution in [-0.4, -0.2) is 110 Å². The molecule has 1 amide bonds. The molecule has 11 heteroatoms. The largest absolute Gasteiger partial charge is 0.394 e.